The Kier molecular flexibility index (Phi) is 12.5. The van der Waals surface area contributed by atoms with Crippen LogP contribution in [0.2, 0.25) is 0 Å². The second kappa shape index (κ2) is 13.6. The molecule has 1 rings (SSSR count). The van der Waals surface area contributed by atoms with Gasteiger partial charge in [0.25, 0.3) is 0 Å². The lowest BCUT2D eigenvalue weighted by atomic mass is 10.0. The number of unbranched alkanes of at least 4 members (excludes halogenated alkanes) is 8. The minimum atomic E-state index is 0.565. The van der Waals surface area contributed by atoms with Crippen LogP contribution in [0.1, 0.15) is 83.5 Å². The molecule has 0 unspecified atom stereocenters. The molecule has 0 aromatic heterocycles. The number of hydrogen-bond acceptors (Lipinski definition) is 2. The molecule has 2 heteroatoms. The highest BCUT2D eigenvalue weighted by Gasteiger charge is 2.32. The van der Waals surface area contributed by atoms with Crippen LogP contribution in [0.3, 0.4) is 0 Å². The molecule has 0 aliphatic carbocycles. The summed E-state index contributed by atoms with van der Waals surface area (Å²) in [6.07, 6.45) is 21.9. The Labute approximate surface area is 148 Å². The summed E-state index contributed by atoms with van der Waals surface area (Å²) in [6.45, 7) is 7.62. The molecule has 1 aliphatic heterocycles. The van der Waals surface area contributed by atoms with E-state index in [-0.39, 0.29) is 0 Å². The third kappa shape index (κ3) is 9.35. The highest BCUT2D eigenvalue weighted by atomic mass is 32.2. The third-order valence-electron chi connectivity index (χ3n) is 4.45. The van der Waals surface area contributed by atoms with Crippen LogP contribution in [0.25, 0.3) is 0 Å². The van der Waals surface area contributed by atoms with Crippen LogP contribution in [0.5, 0.6) is 0 Å². The van der Waals surface area contributed by atoms with Gasteiger partial charge in [-0.3, -0.25) is 0 Å². The molecule has 1 saturated heterocycles. The number of hydrogen-bond donors (Lipinski definition) is 0. The molecule has 0 saturated carbocycles. The summed E-state index contributed by atoms with van der Waals surface area (Å²) in [5.74, 6) is 2.78. The largest absolute Gasteiger partial charge is 0.144 e. The molecule has 1 aliphatic rings. The van der Waals surface area contributed by atoms with Gasteiger partial charge in [0.1, 0.15) is 0 Å². The first kappa shape index (κ1) is 20.2. The molecular weight excluding hydrogens is 304 g/mol. The number of rotatable bonds is 14. The van der Waals surface area contributed by atoms with Crippen molar-refractivity contribution in [3.63, 3.8) is 0 Å². The Morgan fingerprint density at radius 2 is 1.14 bits per heavy atom. The normalized spacial score (nSPS) is 17.3. The zero-order valence-corrected chi connectivity index (χ0v) is 16.1. The van der Waals surface area contributed by atoms with Gasteiger partial charge in [0, 0.05) is 0 Å². The molecule has 0 atom stereocenters. The van der Waals surface area contributed by atoms with Crippen LogP contribution in [-0.2, 0) is 0 Å². The van der Waals surface area contributed by atoms with Crippen molar-refractivity contribution in [1.82, 2.24) is 0 Å². The van der Waals surface area contributed by atoms with Gasteiger partial charge in [-0.1, -0.05) is 50.7 Å². The molecule has 1 heterocycles. The maximum absolute atomic E-state index is 3.81. The molecule has 0 radical (unpaired) electrons. The van der Waals surface area contributed by atoms with Crippen molar-refractivity contribution in [1.29, 1.82) is 0 Å². The van der Waals surface area contributed by atoms with Gasteiger partial charge < -0.3 is 0 Å². The number of thioether (sulfide) groups is 2. The summed E-state index contributed by atoms with van der Waals surface area (Å²) in [6, 6.07) is 0. The van der Waals surface area contributed by atoms with Crippen LogP contribution in [0, 0.1) is 0 Å². The maximum Gasteiger partial charge on any atom is 0.0611 e. The molecule has 128 valence electrons. The Morgan fingerprint density at radius 1 is 0.682 bits per heavy atom. The van der Waals surface area contributed by atoms with Gasteiger partial charge in [0.15, 0.2) is 0 Å². The van der Waals surface area contributed by atoms with E-state index in [2.05, 4.69) is 48.8 Å². The predicted octanol–water partition coefficient (Wildman–Crippen LogP) is 7.61. The van der Waals surface area contributed by atoms with Crippen molar-refractivity contribution in [3.05, 3.63) is 25.3 Å². The van der Waals surface area contributed by atoms with E-state index in [1.54, 1.807) is 0 Å². The zero-order valence-electron chi connectivity index (χ0n) is 14.5. The second-order valence-corrected chi connectivity index (χ2v) is 9.66. The first-order valence-corrected chi connectivity index (χ1v) is 11.3. The smallest absolute Gasteiger partial charge is 0.0611 e. The van der Waals surface area contributed by atoms with Crippen molar-refractivity contribution >= 4 is 23.5 Å². The van der Waals surface area contributed by atoms with Crippen LogP contribution >= 0.6 is 23.5 Å². The highest BCUT2D eigenvalue weighted by Crippen LogP contribution is 2.49. The lowest BCUT2D eigenvalue weighted by Crippen LogP contribution is -2.25. The van der Waals surface area contributed by atoms with Gasteiger partial charge in [0.2, 0.25) is 0 Å². The van der Waals surface area contributed by atoms with Crippen LogP contribution in [0.4, 0.5) is 0 Å². The Hall–Kier alpha value is 0.180. The molecule has 0 aromatic carbocycles. The van der Waals surface area contributed by atoms with Crippen LogP contribution < -0.4 is 0 Å². The monoisotopic (exact) mass is 340 g/mol. The topological polar surface area (TPSA) is 0 Å². The molecule has 22 heavy (non-hydrogen) atoms. The Morgan fingerprint density at radius 3 is 1.59 bits per heavy atom. The zero-order chi connectivity index (χ0) is 15.9. The lowest BCUT2D eigenvalue weighted by molar-refractivity contribution is 0.534. The fourth-order valence-electron chi connectivity index (χ4n) is 3.10. The molecule has 0 bridgehead atoms. The van der Waals surface area contributed by atoms with E-state index in [1.807, 2.05) is 0 Å². The fraction of sp³-hybridized carbons (Fsp3) is 0.800. The maximum atomic E-state index is 3.81. The molecular formula is C20H36S2. The van der Waals surface area contributed by atoms with Gasteiger partial charge in [-0.15, -0.1) is 36.7 Å². The van der Waals surface area contributed by atoms with E-state index in [9.17, 15) is 0 Å². The predicted molar refractivity (Wildman–Crippen MR) is 108 cm³/mol. The Bertz CT molecular complexity index is 257. The summed E-state index contributed by atoms with van der Waals surface area (Å²) in [5.41, 5.74) is 0. The van der Waals surface area contributed by atoms with Gasteiger partial charge in [-0.2, -0.15) is 0 Å². The molecule has 0 spiro atoms. The lowest BCUT2D eigenvalue weighted by Gasteiger charge is -2.36. The average Bonchev–Trinajstić information content (AvgIpc) is 2.55. The third-order valence-corrected chi connectivity index (χ3v) is 8.01. The first-order chi connectivity index (χ1) is 10.8. The van der Waals surface area contributed by atoms with Crippen molar-refractivity contribution < 1.29 is 0 Å². The summed E-state index contributed by atoms with van der Waals surface area (Å²) < 4.78 is 0.565. The van der Waals surface area contributed by atoms with E-state index in [0.29, 0.717) is 4.08 Å². The van der Waals surface area contributed by atoms with Gasteiger partial charge >= 0.3 is 0 Å². The van der Waals surface area contributed by atoms with Crippen molar-refractivity contribution in [2.24, 2.45) is 0 Å². The summed E-state index contributed by atoms with van der Waals surface area (Å²) >= 11 is 4.56. The summed E-state index contributed by atoms with van der Waals surface area (Å²) in [7, 11) is 0. The summed E-state index contributed by atoms with van der Waals surface area (Å²) in [4.78, 5) is 0. The number of allylic oxidation sites excluding steroid dienone is 2. The fourth-order valence-corrected chi connectivity index (χ4v) is 6.60. The van der Waals surface area contributed by atoms with Gasteiger partial charge in [-0.25, -0.2) is 0 Å². The molecule has 0 amide bonds. The summed E-state index contributed by atoms with van der Waals surface area (Å²) in [5, 5.41) is 0. The van der Waals surface area contributed by atoms with E-state index in [1.165, 1.54) is 95.0 Å². The van der Waals surface area contributed by atoms with Crippen molar-refractivity contribution in [3.8, 4) is 0 Å². The van der Waals surface area contributed by atoms with Gasteiger partial charge in [0.05, 0.1) is 4.08 Å². The van der Waals surface area contributed by atoms with E-state index in [0.717, 1.165) is 0 Å². The first-order valence-electron chi connectivity index (χ1n) is 9.33. The Balaban J connectivity index is 2.19. The molecule has 0 nitrogen and oxygen atoms in total. The minimum Gasteiger partial charge on any atom is -0.144 e. The quantitative estimate of drug-likeness (QED) is 0.236. The minimum absolute atomic E-state index is 0.565. The van der Waals surface area contributed by atoms with Crippen molar-refractivity contribution in [2.75, 3.05) is 11.5 Å². The second-order valence-electron chi connectivity index (χ2n) is 6.44. The molecule has 1 fully saturated rings. The van der Waals surface area contributed by atoms with E-state index >= 15 is 0 Å². The van der Waals surface area contributed by atoms with Crippen molar-refractivity contribution in [2.45, 2.75) is 87.5 Å². The SMILES string of the molecule is C=CCCCCCCC1(CCCCCCC=C)SCCCS1. The molecule has 0 N–H and O–H groups in total. The van der Waals surface area contributed by atoms with E-state index < -0.39 is 0 Å². The average molecular weight is 341 g/mol. The van der Waals surface area contributed by atoms with Crippen LogP contribution in [0.15, 0.2) is 25.3 Å². The van der Waals surface area contributed by atoms with Crippen LogP contribution in [-0.4, -0.2) is 15.6 Å². The van der Waals surface area contributed by atoms with E-state index in [4.69, 9.17) is 0 Å². The van der Waals surface area contributed by atoms with Gasteiger partial charge in [-0.05, 0) is 56.5 Å². The highest BCUT2D eigenvalue weighted by molar-refractivity contribution is 8.18. The standard InChI is InChI=1S/C20H36S2/c1-3-5-7-9-11-13-16-20(21-18-15-19-22-20)17-14-12-10-8-6-4-2/h3-4H,1-2,5-19H2. The molecule has 0 aromatic rings.